The number of Topliss-reactive ketones (excluding diaryl/α,β-unsaturated/α-hetero) is 1. The van der Waals surface area contributed by atoms with Crippen molar-refractivity contribution >= 4 is 22.3 Å². The number of ether oxygens (including phenoxy) is 2. The lowest BCUT2D eigenvalue weighted by Crippen LogP contribution is -2.18. The van der Waals surface area contributed by atoms with Crippen LogP contribution >= 0.6 is 0 Å². The Balaban J connectivity index is 1.67. The Labute approximate surface area is 163 Å². The van der Waals surface area contributed by atoms with Crippen molar-refractivity contribution in [1.29, 1.82) is 0 Å². The van der Waals surface area contributed by atoms with E-state index in [0.717, 1.165) is 23.1 Å². The van der Waals surface area contributed by atoms with Crippen LogP contribution in [0.2, 0.25) is 0 Å². The summed E-state index contributed by atoms with van der Waals surface area (Å²) >= 11 is 0. The van der Waals surface area contributed by atoms with Gasteiger partial charge in [0, 0.05) is 23.2 Å². The van der Waals surface area contributed by atoms with Crippen LogP contribution in [0, 0.1) is 0 Å². The van der Waals surface area contributed by atoms with Gasteiger partial charge in [-0.2, -0.15) is 10.2 Å². The third-order valence-corrected chi connectivity index (χ3v) is 5.02. The van der Waals surface area contributed by atoms with Crippen molar-refractivity contribution in [2.24, 2.45) is 0 Å². The zero-order valence-corrected chi connectivity index (χ0v) is 16.4. The summed E-state index contributed by atoms with van der Waals surface area (Å²) in [5.74, 6) is 0.517. The van der Waals surface area contributed by atoms with Crippen LogP contribution in [0.1, 0.15) is 49.3 Å². The van der Waals surface area contributed by atoms with Gasteiger partial charge in [-0.15, -0.1) is 0 Å². The number of aromatic nitrogens is 4. The molecule has 7 heteroatoms. The number of nitrogens with zero attached hydrogens (tertiary/aromatic N) is 3. The maximum Gasteiger partial charge on any atom is 0.165 e. The summed E-state index contributed by atoms with van der Waals surface area (Å²) in [6.45, 7) is 7.36. The molecule has 1 aliphatic heterocycles. The van der Waals surface area contributed by atoms with Gasteiger partial charge in [0.05, 0.1) is 36.2 Å². The Morgan fingerprint density at radius 2 is 2.21 bits per heavy atom. The zero-order valence-electron chi connectivity index (χ0n) is 16.4. The van der Waals surface area contributed by atoms with Gasteiger partial charge in [-0.25, -0.2) is 0 Å². The fourth-order valence-electron chi connectivity index (χ4n) is 3.63. The number of aromatic amines is 1. The van der Waals surface area contributed by atoms with E-state index < -0.39 is 0 Å². The number of fused-ring (bicyclic) bond motifs is 1. The van der Waals surface area contributed by atoms with Crippen molar-refractivity contribution in [2.45, 2.75) is 33.2 Å². The molecule has 0 saturated heterocycles. The summed E-state index contributed by atoms with van der Waals surface area (Å²) in [5.41, 5.74) is 4.60. The van der Waals surface area contributed by atoms with Gasteiger partial charge >= 0.3 is 0 Å². The molecule has 0 aliphatic carbocycles. The van der Waals surface area contributed by atoms with Crippen molar-refractivity contribution in [1.82, 2.24) is 20.0 Å². The first kappa shape index (κ1) is 18.4. The molecule has 0 radical (unpaired) electrons. The molecule has 0 atom stereocenters. The molecule has 0 unspecified atom stereocenters. The summed E-state index contributed by atoms with van der Waals surface area (Å²) in [5, 5.41) is 12.3. The molecule has 28 heavy (non-hydrogen) atoms. The Morgan fingerprint density at radius 3 is 3.00 bits per heavy atom. The maximum absolute atomic E-state index is 12.2. The first-order valence-corrected chi connectivity index (χ1v) is 9.48. The lowest BCUT2D eigenvalue weighted by Gasteiger charge is -2.23. The van der Waals surface area contributed by atoms with Crippen molar-refractivity contribution < 1.29 is 14.3 Å². The van der Waals surface area contributed by atoms with Gasteiger partial charge in [-0.05, 0) is 51.0 Å². The molecule has 0 bridgehead atoms. The standard InChI is InChI=1S/C21H24N4O3/c1-13(2)25-18(6-8-23-25)17-12-27-9-7-16(17)11-28-19-5-4-15-10-22-24-21(15)20(19)14(3)26/h4-6,8,10,13H,7,9,11-12H2,1-3H3,(H,22,24). The van der Waals surface area contributed by atoms with Gasteiger partial charge in [0.15, 0.2) is 5.78 Å². The molecule has 2 aromatic heterocycles. The Hall–Kier alpha value is -2.93. The molecule has 7 nitrogen and oxygen atoms in total. The van der Waals surface area contributed by atoms with E-state index in [-0.39, 0.29) is 11.8 Å². The van der Waals surface area contributed by atoms with Gasteiger partial charge in [-0.1, -0.05) is 0 Å². The second-order valence-corrected chi connectivity index (χ2v) is 7.26. The number of rotatable bonds is 6. The summed E-state index contributed by atoms with van der Waals surface area (Å²) in [6.07, 6.45) is 4.31. The largest absolute Gasteiger partial charge is 0.488 e. The van der Waals surface area contributed by atoms with E-state index >= 15 is 0 Å². The second kappa shape index (κ2) is 7.59. The SMILES string of the molecule is CC(=O)c1c(OCC2=C(c3ccnn3C(C)C)COCC2)ccc2cn[nH]c12. The number of carbonyl (C=O) groups is 1. The molecule has 4 rings (SSSR count). The van der Waals surface area contributed by atoms with Crippen molar-refractivity contribution in [2.75, 3.05) is 19.8 Å². The number of benzene rings is 1. The van der Waals surface area contributed by atoms with Crippen LogP contribution in [0.15, 0.2) is 36.2 Å². The first-order chi connectivity index (χ1) is 13.6. The highest BCUT2D eigenvalue weighted by Gasteiger charge is 2.21. The van der Waals surface area contributed by atoms with Gasteiger partial charge in [0.1, 0.15) is 12.4 Å². The number of hydrogen-bond donors (Lipinski definition) is 1. The minimum absolute atomic E-state index is 0.0519. The average molecular weight is 380 g/mol. The fourth-order valence-corrected chi connectivity index (χ4v) is 3.63. The predicted molar refractivity (Wildman–Crippen MR) is 107 cm³/mol. The van der Waals surface area contributed by atoms with Crippen LogP contribution in [0.25, 0.3) is 16.5 Å². The van der Waals surface area contributed by atoms with Crippen molar-refractivity contribution in [3.8, 4) is 5.75 Å². The smallest absolute Gasteiger partial charge is 0.165 e. The normalized spacial score (nSPS) is 14.9. The predicted octanol–water partition coefficient (Wildman–Crippen LogP) is 3.80. The second-order valence-electron chi connectivity index (χ2n) is 7.26. The van der Waals surface area contributed by atoms with E-state index in [1.807, 2.05) is 29.1 Å². The molecule has 146 valence electrons. The lowest BCUT2D eigenvalue weighted by molar-refractivity contribution is 0.101. The van der Waals surface area contributed by atoms with Gasteiger partial charge in [-0.3, -0.25) is 14.6 Å². The molecule has 1 aromatic carbocycles. The van der Waals surface area contributed by atoms with E-state index in [0.29, 0.717) is 36.7 Å². The topological polar surface area (TPSA) is 82.0 Å². The summed E-state index contributed by atoms with van der Waals surface area (Å²) < 4.78 is 13.8. The zero-order chi connectivity index (χ0) is 19.7. The first-order valence-electron chi connectivity index (χ1n) is 9.48. The van der Waals surface area contributed by atoms with Crippen molar-refractivity contribution in [3.63, 3.8) is 0 Å². The van der Waals surface area contributed by atoms with E-state index in [2.05, 4.69) is 29.1 Å². The Kier molecular flexibility index (Phi) is 5.00. The molecule has 1 N–H and O–H groups in total. The quantitative estimate of drug-likeness (QED) is 0.658. The highest BCUT2D eigenvalue weighted by atomic mass is 16.5. The Morgan fingerprint density at radius 1 is 1.36 bits per heavy atom. The van der Waals surface area contributed by atoms with Gasteiger partial charge in [0.2, 0.25) is 0 Å². The maximum atomic E-state index is 12.2. The third kappa shape index (κ3) is 3.33. The molecule has 0 fully saturated rings. The number of ketones is 1. The van der Waals surface area contributed by atoms with Crippen LogP contribution in [0.4, 0.5) is 0 Å². The molecule has 0 saturated carbocycles. The van der Waals surface area contributed by atoms with Gasteiger partial charge in [0.25, 0.3) is 0 Å². The highest BCUT2D eigenvalue weighted by molar-refractivity contribution is 6.07. The van der Waals surface area contributed by atoms with E-state index in [9.17, 15) is 4.79 Å². The fraction of sp³-hybridized carbons (Fsp3) is 0.381. The lowest BCUT2D eigenvalue weighted by atomic mass is 10.0. The summed E-state index contributed by atoms with van der Waals surface area (Å²) in [7, 11) is 0. The molecule has 3 aromatic rings. The summed E-state index contributed by atoms with van der Waals surface area (Å²) in [6, 6.07) is 6.02. The van der Waals surface area contributed by atoms with Gasteiger partial charge < -0.3 is 9.47 Å². The minimum atomic E-state index is -0.0519. The number of nitrogens with one attached hydrogen (secondary N) is 1. The van der Waals surface area contributed by atoms with Crippen LogP contribution in [0.5, 0.6) is 5.75 Å². The van der Waals surface area contributed by atoms with Crippen LogP contribution in [-0.4, -0.2) is 45.6 Å². The molecule has 3 heterocycles. The third-order valence-electron chi connectivity index (χ3n) is 5.02. The molecular weight excluding hydrogens is 356 g/mol. The number of H-pyrrole nitrogens is 1. The van der Waals surface area contributed by atoms with Crippen molar-refractivity contribution in [3.05, 3.63) is 47.4 Å². The number of carbonyl (C=O) groups excluding carboxylic acids is 1. The molecule has 1 aliphatic rings. The van der Waals surface area contributed by atoms with E-state index in [1.165, 1.54) is 5.57 Å². The summed E-state index contributed by atoms with van der Waals surface area (Å²) in [4.78, 5) is 12.2. The average Bonchev–Trinajstić information content (AvgIpc) is 3.35. The number of hydrogen-bond acceptors (Lipinski definition) is 5. The molecular formula is C21H24N4O3. The Bertz CT molecular complexity index is 1050. The molecule has 0 spiro atoms. The van der Waals surface area contributed by atoms with E-state index in [4.69, 9.17) is 9.47 Å². The molecule has 0 amide bonds. The van der Waals surface area contributed by atoms with Crippen LogP contribution in [-0.2, 0) is 4.74 Å². The minimum Gasteiger partial charge on any atom is -0.488 e. The highest BCUT2D eigenvalue weighted by Crippen LogP contribution is 2.30. The van der Waals surface area contributed by atoms with Crippen LogP contribution < -0.4 is 4.74 Å². The van der Waals surface area contributed by atoms with Crippen LogP contribution in [0.3, 0.4) is 0 Å². The van der Waals surface area contributed by atoms with E-state index in [1.54, 1.807) is 13.1 Å². The monoisotopic (exact) mass is 380 g/mol.